The number of aromatic nitrogens is 2. The van der Waals surface area contributed by atoms with Crippen LogP contribution >= 0.6 is 0 Å². The Morgan fingerprint density at radius 1 is 1.32 bits per heavy atom. The number of amides is 1. The Bertz CT molecular complexity index is 628. The summed E-state index contributed by atoms with van der Waals surface area (Å²) in [6.07, 6.45) is 6.46. The van der Waals surface area contributed by atoms with E-state index in [4.69, 9.17) is 4.74 Å². The van der Waals surface area contributed by atoms with Crippen molar-refractivity contribution in [2.24, 2.45) is 0 Å². The molecule has 2 aromatic rings. The normalized spacial score (nSPS) is 17.4. The van der Waals surface area contributed by atoms with Gasteiger partial charge < -0.3 is 9.64 Å². The topological polar surface area (TPSA) is 55.3 Å². The summed E-state index contributed by atoms with van der Waals surface area (Å²) in [5.74, 6) is -0.833. The highest BCUT2D eigenvalue weighted by atomic mass is 19.1. The molecular formula is C16H16FN3O2. The second-order valence-electron chi connectivity index (χ2n) is 5.13. The third-order valence-electron chi connectivity index (χ3n) is 3.60. The molecule has 3 rings (SSSR count). The first-order valence-corrected chi connectivity index (χ1v) is 7.19. The summed E-state index contributed by atoms with van der Waals surface area (Å²) >= 11 is 0. The number of nitrogens with zero attached hydrogens (tertiary/aromatic N) is 3. The average molecular weight is 301 g/mol. The van der Waals surface area contributed by atoms with Crippen molar-refractivity contribution >= 4 is 11.6 Å². The third-order valence-corrected chi connectivity index (χ3v) is 3.60. The Balaban J connectivity index is 1.86. The van der Waals surface area contributed by atoms with Crippen LogP contribution in [0, 0.1) is 5.95 Å². The highest BCUT2D eigenvalue weighted by Gasteiger charge is 2.24. The smallest absolute Gasteiger partial charge is 0.259 e. The molecule has 2 aromatic heterocycles. The molecule has 6 heteroatoms. The number of hydrogen-bond donors (Lipinski definition) is 0. The van der Waals surface area contributed by atoms with Gasteiger partial charge in [-0.15, -0.1) is 0 Å². The lowest BCUT2D eigenvalue weighted by Gasteiger charge is -2.25. The number of anilines is 1. The van der Waals surface area contributed by atoms with Crippen LogP contribution in [0.5, 0.6) is 0 Å². The quantitative estimate of drug-likeness (QED) is 0.814. The average Bonchev–Trinajstić information content (AvgIpc) is 3.07. The van der Waals surface area contributed by atoms with Gasteiger partial charge in [0.1, 0.15) is 0 Å². The third kappa shape index (κ3) is 3.28. The molecule has 0 N–H and O–H groups in total. The number of carbonyl (C=O) groups is 1. The van der Waals surface area contributed by atoms with E-state index in [2.05, 4.69) is 9.97 Å². The zero-order valence-corrected chi connectivity index (χ0v) is 12.0. The number of hydrogen-bond acceptors (Lipinski definition) is 4. The summed E-state index contributed by atoms with van der Waals surface area (Å²) in [7, 11) is 0. The largest absolute Gasteiger partial charge is 0.376 e. The van der Waals surface area contributed by atoms with E-state index in [1.165, 1.54) is 18.3 Å². The molecule has 0 spiro atoms. The zero-order chi connectivity index (χ0) is 15.4. The fraction of sp³-hybridized carbons (Fsp3) is 0.312. The Hall–Kier alpha value is -2.34. The summed E-state index contributed by atoms with van der Waals surface area (Å²) < 4.78 is 18.6. The van der Waals surface area contributed by atoms with Crippen molar-refractivity contribution < 1.29 is 13.9 Å². The van der Waals surface area contributed by atoms with Crippen molar-refractivity contribution in [3.05, 3.63) is 54.4 Å². The molecule has 5 nitrogen and oxygen atoms in total. The van der Waals surface area contributed by atoms with Crippen molar-refractivity contribution in [2.45, 2.75) is 18.9 Å². The van der Waals surface area contributed by atoms with Crippen molar-refractivity contribution in [2.75, 3.05) is 18.1 Å². The minimum atomic E-state index is -0.605. The predicted octanol–water partition coefficient (Wildman–Crippen LogP) is 2.44. The standard InChI is InChI=1S/C16H16FN3O2/c17-15-4-3-12(10-19-15)16(21)20(11-14-2-1-9-22-14)13-5-7-18-8-6-13/h3-8,10,14H,1-2,9,11H2. The molecule has 1 aliphatic heterocycles. The molecule has 3 heterocycles. The molecule has 0 aromatic carbocycles. The first-order valence-electron chi connectivity index (χ1n) is 7.19. The first kappa shape index (κ1) is 14.6. The van der Waals surface area contributed by atoms with Crippen LogP contribution in [0.25, 0.3) is 0 Å². The summed E-state index contributed by atoms with van der Waals surface area (Å²) in [5, 5.41) is 0. The highest BCUT2D eigenvalue weighted by molar-refractivity contribution is 6.05. The Morgan fingerprint density at radius 3 is 2.77 bits per heavy atom. The van der Waals surface area contributed by atoms with Crippen molar-refractivity contribution in [3.8, 4) is 0 Å². The summed E-state index contributed by atoms with van der Waals surface area (Å²) in [6, 6.07) is 6.16. The second kappa shape index (κ2) is 6.62. The van der Waals surface area contributed by atoms with Crippen LogP contribution in [0.3, 0.4) is 0 Å². The first-order chi connectivity index (χ1) is 10.7. The zero-order valence-electron chi connectivity index (χ0n) is 12.0. The van der Waals surface area contributed by atoms with Crippen molar-refractivity contribution in [1.82, 2.24) is 9.97 Å². The van der Waals surface area contributed by atoms with Gasteiger partial charge in [0.25, 0.3) is 5.91 Å². The lowest BCUT2D eigenvalue weighted by atomic mass is 10.2. The SMILES string of the molecule is O=C(c1ccc(F)nc1)N(CC1CCCO1)c1ccncc1. The van der Waals surface area contributed by atoms with E-state index in [1.807, 2.05) is 0 Å². The van der Waals surface area contributed by atoms with Crippen LogP contribution in [0.15, 0.2) is 42.9 Å². The lowest BCUT2D eigenvalue weighted by molar-refractivity contribution is 0.0917. The number of carbonyl (C=O) groups excluding carboxylic acids is 1. The van der Waals surface area contributed by atoms with Crippen molar-refractivity contribution in [1.29, 1.82) is 0 Å². The monoisotopic (exact) mass is 301 g/mol. The molecule has 1 amide bonds. The van der Waals surface area contributed by atoms with Crippen LogP contribution in [-0.4, -0.2) is 35.1 Å². The van der Waals surface area contributed by atoms with Gasteiger partial charge in [0.2, 0.25) is 5.95 Å². The summed E-state index contributed by atoms with van der Waals surface area (Å²) in [6.45, 7) is 1.18. The molecule has 0 saturated carbocycles. The fourth-order valence-electron chi connectivity index (χ4n) is 2.48. The van der Waals surface area contributed by atoms with Crippen molar-refractivity contribution in [3.63, 3.8) is 0 Å². The Morgan fingerprint density at radius 2 is 2.14 bits per heavy atom. The van der Waals surface area contributed by atoms with E-state index in [9.17, 15) is 9.18 Å². The molecular weight excluding hydrogens is 285 g/mol. The van der Waals surface area contributed by atoms with E-state index in [0.717, 1.165) is 25.1 Å². The molecule has 1 fully saturated rings. The van der Waals surface area contributed by atoms with Gasteiger partial charge >= 0.3 is 0 Å². The van der Waals surface area contributed by atoms with Crippen LogP contribution < -0.4 is 4.90 Å². The van der Waals surface area contributed by atoms with E-state index in [1.54, 1.807) is 29.4 Å². The van der Waals surface area contributed by atoms with Gasteiger partial charge in [-0.25, -0.2) is 4.98 Å². The van der Waals surface area contributed by atoms with Gasteiger partial charge in [-0.2, -0.15) is 4.39 Å². The maximum Gasteiger partial charge on any atom is 0.259 e. The van der Waals surface area contributed by atoms with Gasteiger partial charge in [0.05, 0.1) is 18.2 Å². The van der Waals surface area contributed by atoms with E-state index in [0.29, 0.717) is 12.1 Å². The van der Waals surface area contributed by atoms with E-state index >= 15 is 0 Å². The number of halogens is 1. The van der Waals surface area contributed by atoms with Gasteiger partial charge in [0.15, 0.2) is 0 Å². The number of pyridine rings is 2. The fourth-order valence-corrected chi connectivity index (χ4v) is 2.48. The lowest BCUT2D eigenvalue weighted by Crippen LogP contribution is -2.37. The molecule has 0 radical (unpaired) electrons. The molecule has 1 atom stereocenters. The Kier molecular flexibility index (Phi) is 4.39. The van der Waals surface area contributed by atoms with Gasteiger partial charge in [-0.05, 0) is 37.1 Å². The molecule has 1 saturated heterocycles. The molecule has 114 valence electrons. The minimum Gasteiger partial charge on any atom is -0.376 e. The Labute approximate surface area is 127 Å². The number of rotatable bonds is 4. The maximum atomic E-state index is 12.9. The number of ether oxygens (including phenoxy) is 1. The minimum absolute atomic E-state index is 0.0190. The van der Waals surface area contributed by atoms with Crippen LogP contribution in [-0.2, 0) is 4.74 Å². The molecule has 22 heavy (non-hydrogen) atoms. The van der Waals surface area contributed by atoms with Gasteiger partial charge in [0, 0.05) is 30.9 Å². The second-order valence-corrected chi connectivity index (χ2v) is 5.13. The highest BCUT2D eigenvalue weighted by Crippen LogP contribution is 2.20. The van der Waals surface area contributed by atoms with Crippen LogP contribution in [0.4, 0.5) is 10.1 Å². The summed E-state index contributed by atoms with van der Waals surface area (Å²) in [4.78, 5) is 21.9. The molecule has 0 bridgehead atoms. The van der Waals surface area contributed by atoms with E-state index in [-0.39, 0.29) is 12.0 Å². The molecule has 1 unspecified atom stereocenters. The van der Waals surface area contributed by atoms with Gasteiger partial charge in [-0.1, -0.05) is 0 Å². The van der Waals surface area contributed by atoms with E-state index < -0.39 is 5.95 Å². The van der Waals surface area contributed by atoms with Gasteiger partial charge in [-0.3, -0.25) is 9.78 Å². The van der Waals surface area contributed by atoms with Crippen LogP contribution in [0.2, 0.25) is 0 Å². The predicted molar refractivity (Wildman–Crippen MR) is 79.1 cm³/mol. The van der Waals surface area contributed by atoms with Crippen LogP contribution in [0.1, 0.15) is 23.2 Å². The molecule has 1 aliphatic rings. The molecule has 0 aliphatic carbocycles. The maximum absolute atomic E-state index is 12.9. The summed E-state index contributed by atoms with van der Waals surface area (Å²) in [5.41, 5.74) is 1.08.